The minimum atomic E-state index is -0.413. The van der Waals surface area contributed by atoms with E-state index in [1.54, 1.807) is 6.07 Å². The van der Waals surface area contributed by atoms with Crippen LogP contribution in [0.2, 0.25) is 0 Å². The molecule has 0 saturated carbocycles. The summed E-state index contributed by atoms with van der Waals surface area (Å²) in [7, 11) is 3.75. The van der Waals surface area contributed by atoms with Crippen LogP contribution in [0.4, 0.5) is 4.39 Å². The van der Waals surface area contributed by atoms with E-state index in [0.717, 1.165) is 31.5 Å². The summed E-state index contributed by atoms with van der Waals surface area (Å²) in [6.45, 7) is 1.65. The molecule has 1 saturated heterocycles. The highest BCUT2D eigenvalue weighted by molar-refractivity contribution is 5.83. The number of hydrogen-bond donors (Lipinski definition) is 0. The molecule has 118 valence electrons. The summed E-state index contributed by atoms with van der Waals surface area (Å²) in [5.74, 6) is 0.968. The van der Waals surface area contributed by atoms with Crippen molar-refractivity contribution < 1.29 is 9.18 Å². The van der Waals surface area contributed by atoms with Crippen molar-refractivity contribution in [2.45, 2.75) is 18.9 Å². The number of halogens is 1. The normalized spacial score (nSPS) is 25.4. The Balaban J connectivity index is 1.79. The first-order valence-electron chi connectivity index (χ1n) is 7.92. The van der Waals surface area contributed by atoms with Crippen molar-refractivity contribution in [1.29, 1.82) is 0 Å². The molecule has 2 aliphatic rings. The number of allylic oxidation sites excluding steroid dienone is 2. The van der Waals surface area contributed by atoms with Gasteiger partial charge in [-0.2, -0.15) is 0 Å². The van der Waals surface area contributed by atoms with Crippen molar-refractivity contribution in [3.05, 3.63) is 47.8 Å². The first kappa shape index (κ1) is 15.2. The monoisotopic (exact) mass is 302 g/mol. The Morgan fingerprint density at radius 3 is 2.41 bits per heavy atom. The molecule has 3 rings (SSSR count). The van der Waals surface area contributed by atoms with Gasteiger partial charge in [0.15, 0.2) is 0 Å². The van der Waals surface area contributed by atoms with Crippen molar-refractivity contribution in [2.24, 2.45) is 11.8 Å². The largest absolute Gasteiger partial charge is 0.340 e. The molecule has 0 unspecified atom stereocenters. The summed E-state index contributed by atoms with van der Waals surface area (Å²) < 4.78 is 13.5. The van der Waals surface area contributed by atoms with Crippen LogP contribution in [0.5, 0.6) is 0 Å². The van der Waals surface area contributed by atoms with Gasteiger partial charge in [-0.3, -0.25) is 9.69 Å². The number of rotatable bonds is 3. The third-order valence-corrected chi connectivity index (χ3v) is 4.85. The van der Waals surface area contributed by atoms with Gasteiger partial charge in [-0.05, 0) is 56.5 Å². The van der Waals surface area contributed by atoms with Gasteiger partial charge in [0, 0.05) is 13.1 Å². The van der Waals surface area contributed by atoms with Crippen LogP contribution in [-0.4, -0.2) is 42.9 Å². The minimum Gasteiger partial charge on any atom is -0.340 e. The number of fused-ring (bicyclic) bond motifs is 1. The van der Waals surface area contributed by atoms with E-state index in [1.807, 2.05) is 30.0 Å². The Bertz CT molecular complexity index is 568. The molecular weight excluding hydrogens is 279 g/mol. The smallest absolute Gasteiger partial charge is 0.244 e. The number of nitrogens with zero attached hydrogens (tertiary/aromatic N) is 2. The van der Waals surface area contributed by atoms with E-state index >= 15 is 0 Å². The van der Waals surface area contributed by atoms with Crippen LogP contribution in [0.25, 0.3) is 0 Å². The second-order valence-corrected chi connectivity index (χ2v) is 6.63. The number of likely N-dealkylation sites (tertiary alicyclic amines) is 1. The summed E-state index contributed by atoms with van der Waals surface area (Å²) in [6.07, 6.45) is 6.60. The third kappa shape index (κ3) is 2.93. The van der Waals surface area contributed by atoms with Crippen LogP contribution in [0.1, 0.15) is 24.4 Å². The maximum atomic E-state index is 13.5. The Kier molecular flexibility index (Phi) is 4.30. The lowest BCUT2D eigenvalue weighted by atomic mass is 9.86. The van der Waals surface area contributed by atoms with E-state index in [1.165, 1.54) is 12.1 Å². The fourth-order valence-electron chi connectivity index (χ4n) is 3.71. The fourth-order valence-corrected chi connectivity index (χ4v) is 3.71. The van der Waals surface area contributed by atoms with Crippen LogP contribution < -0.4 is 0 Å². The van der Waals surface area contributed by atoms with E-state index in [0.29, 0.717) is 11.8 Å². The van der Waals surface area contributed by atoms with Gasteiger partial charge in [0.25, 0.3) is 0 Å². The standard InChI is InChI=1S/C18H23FN2O/c1-20(2)17(13-8-5-9-16(19)10-13)18(22)21-11-14-6-3-4-7-15(14)12-21/h3-5,8-10,14-15,17H,6-7,11-12H2,1-2H3/t14-,15+,17-/m1/s1. The van der Waals surface area contributed by atoms with Gasteiger partial charge in [-0.1, -0.05) is 24.3 Å². The number of likely N-dealkylation sites (N-methyl/N-ethyl adjacent to an activating group) is 1. The highest BCUT2D eigenvalue weighted by atomic mass is 19.1. The zero-order chi connectivity index (χ0) is 15.7. The average molecular weight is 302 g/mol. The average Bonchev–Trinajstić information content (AvgIpc) is 2.91. The van der Waals surface area contributed by atoms with Crippen molar-refractivity contribution in [2.75, 3.05) is 27.2 Å². The molecule has 1 amide bonds. The van der Waals surface area contributed by atoms with Gasteiger partial charge < -0.3 is 4.90 Å². The molecule has 22 heavy (non-hydrogen) atoms. The zero-order valence-corrected chi connectivity index (χ0v) is 13.2. The molecule has 4 heteroatoms. The molecule has 1 fully saturated rings. The van der Waals surface area contributed by atoms with E-state index in [4.69, 9.17) is 0 Å². The Morgan fingerprint density at radius 1 is 1.23 bits per heavy atom. The summed E-state index contributed by atoms with van der Waals surface area (Å²) in [5.41, 5.74) is 0.725. The van der Waals surface area contributed by atoms with Gasteiger partial charge in [-0.15, -0.1) is 0 Å². The third-order valence-electron chi connectivity index (χ3n) is 4.85. The van der Waals surface area contributed by atoms with Crippen LogP contribution in [0.15, 0.2) is 36.4 Å². The highest BCUT2D eigenvalue weighted by Gasteiger charge is 2.38. The number of hydrogen-bond acceptors (Lipinski definition) is 2. The molecule has 0 bridgehead atoms. The van der Waals surface area contributed by atoms with Crippen molar-refractivity contribution in [3.8, 4) is 0 Å². The minimum absolute atomic E-state index is 0.0880. The van der Waals surface area contributed by atoms with Gasteiger partial charge in [0.1, 0.15) is 11.9 Å². The van der Waals surface area contributed by atoms with Crippen molar-refractivity contribution >= 4 is 5.91 Å². The van der Waals surface area contributed by atoms with Crippen molar-refractivity contribution in [3.63, 3.8) is 0 Å². The predicted octanol–water partition coefficient (Wildman–Crippen LogP) is 2.85. The summed E-state index contributed by atoms with van der Waals surface area (Å²) in [5, 5.41) is 0. The van der Waals surface area contributed by atoms with E-state index in [2.05, 4.69) is 12.2 Å². The van der Waals surface area contributed by atoms with Crippen LogP contribution in [0, 0.1) is 17.7 Å². The van der Waals surface area contributed by atoms with E-state index in [-0.39, 0.29) is 11.7 Å². The first-order valence-corrected chi connectivity index (χ1v) is 7.92. The second kappa shape index (κ2) is 6.21. The number of amides is 1. The topological polar surface area (TPSA) is 23.6 Å². The molecule has 1 aliphatic heterocycles. The molecule has 1 aromatic carbocycles. The lowest BCUT2D eigenvalue weighted by molar-refractivity contribution is -0.135. The van der Waals surface area contributed by atoms with Crippen LogP contribution in [-0.2, 0) is 4.79 Å². The highest BCUT2D eigenvalue weighted by Crippen LogP contribution is 2.34. The SMILES string of the molecule is CN(C)[C@@H](C(=O)N1C[C@H]2CC=CC[C@H]2C1)c1cccc(F)c1. The van der Waals surface area contributed by atoms with Gasteiger partial charge in [0.05, 0.1) is 0 Å². The summed E-state index contributed by atoms with van der Waals surface area (Å²) >= 11 is 0. The zero-order valence-electron chi connectivity index (χ0n) is 13.2. The quantitative estimate of drug-likeness (QED) is 0.802. The Labute approximate surface area is 131 Å². The molecular formula is C18H23FN2O. The van der Waals surface area contributed by atoms with Crippen LogP contribution in [0.3, 0.4) is 0 Å². The van der Waals surface area contributed by atoms with E-state index in [9.17, 15) is 9.18 Å². The second-order valence-electron chi connectivity index (χ2n) is 6.63. The first-order chi connectivity index (χ1) is 10.6. The van der Waals surface area contributed by atoms with Gasteiger partial charge in [0.2, 0.25) is 5.91 Å². The molecule has 0 aromatic heterocycles. The molecule has 3 atom stereocenters. The Hall–Kier alpha value is -1.68. The summed E-state index contributed by atoms with van der Waals surface area (Å²) in [4.78, 5) is 16.8. The molecule has 0 N–H and O–H groups in total. The number of carbonyl (C=O) groups excluding carboxylic acids is 1. The maximum absolute atomic E-state index is 13.5. The fraction of sp³-hybridized carbons (Fsp3) is 0.500. The number of benzene rings is 1. The van der Waals surface area contributed by atoms with Gasteiger partial charge in [-0.25, -0.2) is 4.39 Å². The maximum Gasteiger partial charge on any atom is 0.244 e. The molecule has 3 nitrogen and oxygen atoms in total. The molecule has 1 aliphatic carbocycles. The Morgan fingerprint density at radius 2 is 1.86 bits per heavy atom. The lowest BCUT2D eigenvalue weighted by Gasteiger charge is -2.28. The summed E-state index contributed by atoms with van der Waals surface area (Å²) in [6, 6.07) is 5.96. The number of carbonyl (C=O) groups is 1. The molecule has 1 aromatic rings. The van der Waals surface area contributed by atoms with Gasteiger partial charge >= 0.3 is 0 Å². The predicted molar refractivity (Wildman–Crippen MR) is 84.8 cm³/mol. The molecule has 0 spiro atoms. The lowest BCUT2D eigenvalue weighted by Crippen LogP contribution is -2.39. The van der Waals surface area contributed by atoms with Crippen LogP contribution >= 0.6 is 0 Å². The van der Waals surface area contributed by atoms with E-state index < -0.39 is 6.04 Å². The van der Waals surface area contributed by atoms with Crippen molar-refractivity contribution in [1.82, 2.24) is 9.80 Å². The molecule has 0 radical (unpaired) electrons. The molecule has 1 heterocycles.